The number of fused-ring (bicyclic) bond motifs is 5. The van der Waals surface area contributed by atoms with Gasteiger partial charge in [-0.25, -0.2) is 0 Å². The summed E-state index contributed by atoms with van der Waals surface area (Å²) in [4.78, 5) is 23.0. The van der Waals surface area contributed by atoms with Crippen LogP contribution in [0.15, 0.2) is 11.6 Å². The van der Waals surface area contributed by atoms with Gasteiger partial charge in [-0.05, 0) is 91.8 Å². The van der Waals surface area contributed by atoms with E-state index >= 15 is 0 Å². The van der Waals surface area contributed by atoms with Crippen LogP contribution in [-0.2, 0) is 9.59 Å². The second-order valence-corrected chi connectivity index (χ2v) is 11.6. The maximum absolute atomic E-state index is 11.8. The molecule has 0 bridgehead atoms. The summed E-state index contributed by atoms with van der Waals surface area (Å²) in [6, 6.07) is 0. The lowest BCUT2D eigenvalue weighted by Gasteiger charge is -2.58. The Morgan fingerprint density at radius 3 is 2.50 bits per heavy atom. The van der Waals surface area contributed by atoms with E-state index in [0.29, 0.717) is 41.4 Å². The van der Waals surface area contributed by atoms with Crippen LogP contribution >= 0.6 is 0 Å². The molecule has 4 aliphatic carbocycles. The van der Waals surface area contributed by atoms with Crippen LogP contribution in [-0.4, -0.2) is 17.4 Å². The second-order valence-electron chi connectivity index (χ2n) is 11.6. The molecule has 0 spiro atoms. The minimum absolute atomic E-state index is 0.229. The van der Waals surface area contributed by atoms with Crippen molar-refractivity contribution in [3.8, 4) is 0 Å². The smallest absolute Gasteiger partial charge is 0.303 e. The van der Waals surface area contributed by atoms with Crippen LogP contribution in [0.1, 0.15) is 85.5 Å². The highest BCUT2D eigenvalue weighted by molar-refractivity contribution is 5.67. The molecule has 3 fully saturated rings. The number of aliphatic carboxylic acids is 1. The van der Waals surface area contributed by atoms with Crippen LogP contribution in [0, 0.1) is 45.8 Å². The molecule has 3 heteroatoms. The molecule has 156 valence electrons. The van der Waals surface area contributed by atoms with Gasteiger partial charge in [0.05, 0.1) is 0 Å². The van der Waals surface area contributed by atoms with E-state index in [1.165, 1.54) is 38.4 Å². The lowest BCUT2D eigenvalue weighted by atomic mass is 9.46. The highest BCUT2D eigenvalue weighted by Crippen LogP contribution is 2.68. The topological polar surface area (TPSA) is 54.4 Å². The van der Waals surface area contributed by atoms with Gasteiger partial charge in [0.15, 0.2) is 0 Å². The molecular formula is C25H38O3. The molecule has 0 aliphatic heterocycles. The number of carbonyl (C=O) groups excluding carboxylic acids is 1. The van der Waals surface area contributed by atoms with E-state index in [1.54, 1.807) is 5.57 Å². The van der Waals surface area contributed by atoms with Crippen LogP contribution in [0.2, 0.25) is 0 Å². The van der Waals surface area contributed by atoms with Crippen LogP contribution < -0.4 is 0 Å². The summed E-state index contributed by atoms with van der Waals surface area (Å²) in [5, 5.41) is 9.22. The number of carboxylic acid groups (broad SMARTS) is 1. The van der Waals surface area contributed by atoms with E-state index in [1.807, 2.05) is 0 Å². The molecule has 0 radical (unpaired) electrons. The van der Waals surface area contributed by atoms with E-state index in [2.05, 4.69) is 33.8 Å². The maximum Gasteiger partial charge on any atom is 0.303 e. The molecule has 0 amide bonds. The number of aldehydes is 1. The van der Waals surface area contributed by atoms with Crippen LogP contribution in [0.3, 0.4) is 0 Å². The zero-order valence-corrected chi connectivity index (χ0v) is 18.2. The van der Waals surface area contributed by atoms with E-state index in [-0.39, 0.29) is 10.8 Å². The van der Waals surface area contributed by atoms with E-state index in [9.17, 15) is 14.7 Å². The molecule has 0 aromatic carbocycles. The Morgan fingerprint density at radius 1 is 1.14 bits per heavy atom. The van der Waals surface area contributed by atoms with Crippen molar-refractivity contribution in [2.24, 2.45) is 45.8 Å². The Balaban J connectivity index is 1.59. The molecular weight excluding hydrogens is 348 g/mol. The molecule has 4 rings (SSSR count). The van der Waals surface area contributed by atoms with Crippen molar-refractivity contribution in [1.29, 1.82) is 0 Å². The van der Waals surface area contributed by atoms with Crippen molar-refractivity contribution >= 4 is 12.3 Å². The van der Waals surface area contributed by atoms with Gasteiger partial charge in [-0.15, -0.1) is 0 Å². The number of hydrogen-bond donors (Lipinski definition) is 1. The average Bonchev–Trinajstić information content (AvgIpc) is 2.99. The zero-order chi connectivity index (χ0) is 20.3. The van der Waals surface area contributed by atoms with Gasteiger partial charge < -0.3 is 9.90 Å². The molecule has 3 nitrogen and oxygen atoms in total. The third kappa shape index (κ3) is 2.91. The van der Waals surface area contributed by atoms with Crippen molar-refractivity contribution in [2.45, 2.75) is 85.5 Å². The van der Waals surface area contributed by atoms with Gasteiger partial charge in [-0.1, -0.05) is 39.3 Å². The number of carbonyl (C=O) groups is 2. The van der Waals surface area contributed by atoms with E-state index < -0.39 is 5.97 Å². The van der Waals surface area contributed by atoms with Crippen LogP contribution in [0.25, 0.3) is 0 Å². The summed E-state index contributed by atoms with van der Waals surface area (Å²) in [5.41, 5.74) is 2.09. The Kier molecular flexibility index (Phi) is 4.83. The van der Waals surface area contributed by atoms with Crippen molar-refractivity contribution in [3.63, 3.8) is 0 Å². The van der Waals surface area contributed by atoms with Gasteiger partial charge in [-0.2, -0.15) is 0 Å². The Morgan fingerprint density at radius 2 is 1.82 bits per heavy atom. The SMILES string of the molecule is CC(C)(C=O)[C@H]1CC[C@H]2C3=CCC4C[C@@H](CC(=O)O)CC[C@]4(C)[C@H]3CC[C@]12C. The van der Waals surface area contributed by atoms with Crippen LogP contribution in [0.4, 0.5) is 0 Å². The zero-order valence-electron chi connectivity index (χ0n) is 18.2. The summed E-state index contributed by atoms with van der Waals surface area (Å²) < 4.78 is 0. The van der Waals surface area contributed by atoms with Gasteiger partial charge in [0.2, 0.25) is 0 Å². The lowest BCUT2D eigenvalue weighted by Crippen LogP contribution is -2.50. The largest absolute Gasteiger partial charge is 0.481 e. The lowest BCUT2D eigenvalue weighted by molar-refractivity contribution is -0.139. The fourth-order valence-corrected chi connectivity index (χ4v) is 8.34. The molecule has 3 saturated carbocycles. The first kappa shape index (κ1) is 20.2. The predicted molar refractivity (Wildman–Crippen MR) is 111 cm³/mol. The quantitative estimate of drug-likeness (QED) is 0.485. The summed E-state index contributed by atoms with van der Waals surface area (Å²) in [5.74, 6) is 2.18. The third-order valence-electron chi connectivity index (χ3n) is 9.85. The fourth-order valence-electron chi connectivity index (χ4n) is 8.34. The fraction of sp³-hybridized carbons (Fsp3) is 0.840. The molecule has 7 atom stereocenters. The van der Waals surface area contributed by atoms with E-state index in [4.69, 9.17) is 0 Å². The highest BCUT2D eigenvalue weighted by Gasteiger charge is 2.59. The first-order chi connectivity index (χ1) is 13.1. The first-order valence-electron chi connectivity index (χ1n) is 11.5. The van der Waals surface area contributed by atoms with E-state index in [0.717, 1.165) is 19.3 Å². The predicted octanol–water partition coefficient (Wildman–Crippen LogP) is 5.88. The number of allylic oxidation sites excluding steroid dienone is 2. The standard InChI is InChI=1S/C25H38O3/c1-23(2,15-26)21-8-7-19-18-6-5-17-13-16(14-22(27)28)9-11-24(17,3)20(18)10-12-25(19,21)4/h6,15-17,19-21H,5,7-14H2,1-4H3,(H,27,28)/t16-,17?,19-,20-,21+,24-,25-/m0/s1. The molecule has 28 heavy (non-hydrogen) atoms. The molecule has 0 heterocycles. The second kappa shape index (κ2) is 6.71. The Bertz CT molecular complexity index is 692. The monoisotopic (exact) mass is 386 g/mol. The molecule has 4 aliphatic rings. The van der Waals surface area contributed by atoms with Crippen LogP contribution in [0.5, 0.6) is 0 Å². The first-order valence-corrected chi connectivity index (χ1v) is 11.5. The molecule has 0 saturated heterocycles. The van der Waals surface area contributed by atoms with Gasteiger partial charge in [-0.3, -0.25) is 4.79 Å². The number of carboxylic acids is 1. The van der Waals surface area contributed by atoms with Crippen molar-refractivity contribution in [1.82, 2.24) is 0 Å². The molecule has 0 aromatic rings. The third-order valence-corrected chi connectivity index (χ3v) is 9.85. The molecule has 1 unspecified atom stereocenters. The average molecular weight is 387 g/mol. The summed E-state index contributed by atoms with van der Waals surface area (Å²) in [6.45, 7) is 9.26. The van der Waals surface area contributed by atoms with Gasteiger partial charge >= 0.3 is 5.97 Å². The van der Waals surface area contributed by atoms with Crippen molar-refractivity contribution < 1.29 is 14.7 Å². The Labute approximate surface area is 170 Å². The van der Waals surface area contributed by atoms with Crippen molar-refractivity contribution in [2.75, 3.05) is 0 Å². The molecule has 0 aromatic heterocycles. The number of rotatable bonds is 4. The summed E-state index contributed by atoms with van der Waals surface area (Å²) in [7, 11) is 0. The minimum atomic E-state index is -0.635. The highest BCUT2D eigenvalue weighted by atomic mass is 16.4. The normalized spacial score (nSPS) is 45.4. The van der Waals surface area contributed by atoms with Gasteiger partial charge in [0.25, 0.3) is 0 Å². The van der Waals surface area contributed by atoms with Crippen molar-refractivity contribution in [3.05, 3.63) is 11.6 Å². The Hall–Kier alpha value is -1.12. The maximum atomic E-state index is 11.8. The van der Waals surface area contributed by atoms with Gasteiger partial charge in [0, 0.05) is 11.8 Å². The summed E-state index contributed by atoms with van der Waals surface area (Å²) in [6.07, 6.45) is 13.5. The minimum Gasteiger partial charge on any atom is -0.481 e. The molecule has 1 N–H and O–H groups in total. The number of hydrogen-bond acceptors (Lipinski definition) is 2. The summed E-state index contributed by atoms with van der Waals surface area (Å²) >= 11 is 0. The van der Waals surface area contributed by atoms with Gasteiger partial charge in [0.1, 0.15) is 6.29 Å².